The van der Waals surface area contributed by atoms with Gasteiger partial charge in [0.25, 0.3) is 0 Å². The predicted octanol–water partition coefficient (Wildman–Crippen LogP) is 1.05. The second-order valence-corrected chi connectivity index (χ2v) is 3.92. The number of nitrogens with zero attached hydrogens (tertiary/aromatic N) is 1. The summed E-state index contributed by atoms with van der Waals surface area (Å²) in [5, 5.41) is 0. The van der Waals surface area contributed by atoms with Crippen LogP contribution >= 0.6 is 0 Å². The third-order valence-corrected chi connectivity index (χ3v) is 2.90. The van der Waals surface area contributed by atoms with E-state index in [4.69, 9.17) is 9.47 Å². The van der Waals surface area contributed by atoms with Crippen LogP contribution in [0.15, 0.2) is 0 Å². The summed E-state index contributed by atoms with van der Waals surface area (Å²) in [5.41, 5.74) is 0. The Morgan fingerprint density at radius 2 is 1.93 bits per heavy atom. The maximum atomic E-state index is 11.6. The molecule has 1 heterocycles. The van der Waals surface area contributed by atoms with Crippen LogP contribution < -0.4 is 0 Å². The molecule has 1 rings (SSSR count). The number of esters is 1. The average Bonchev–Trinajstić information content (AvgIpc) is 2.30. The second-order valence-electron chi connectivity index (χ2n) is 3.92. The zero-order valence-electron chi connectivity index (χ0n) is 9.70. The molecule has 4 heteroatoms. The van der Waals surface area contributed by atoms with Crippen LogP contribution in [0.5, 0.6) is 0 Å². The van der Waals surface area contributed by atoms with Crippen molar-refractivity contribution in [3.05, 3.63) is 0 Å². The summed E-state index contributed by atoms with van der Waals surface area (Å²) in [6, 6.07) is -0.116. The van der Waals surface area contributed by atoms with E-state index < -0.39 is 0 Å². The third-order valence-electron chi connectivity index (χ3n) is 2.90. The largest absolute Gasteiger partial charge is 0.468 e. The summed E-state index contributed by atoms with van der Waals surface area (Å²) in [6.45, 7) is 2.61. The van der Waals surface area contributed by atoms with E-state index in [1.54, 1.807) is 7.11 Å². The van der Waals surface area contributed by atoms with E-state index >= 15 is 0 Å². The van der Waals surface area contributed by atoms with Gasteiger partial charge < -0.3 is 9.47 Å². The van der Waals surface area contributed by atoms with Crippen LogP contribution in [0.3, 0.4) is 0 Å². The smallest absolute Gasteiger partial charge is 0.323 e. The van der Waals surface area contributed by atoms with Gasteiger partial charge >= 0.3 is 5.97 Å². The van der Waals surface area contributed by atoms with Crippen molar-refractivity contribution in [3.8, 4) is 0 Å². The molecule has 0 amide bonds. The number of methoxy groups -OCH3 is 2. The molecule has 0 aliphatic carbocycles. The zero-order valence-corrected chi connectivity index (χ0v) is 9.70. The van der Waals surface area contributed by atoms with Crippen LogP contribution in [0.2, 0.25) is 0 Å². The van der Waals surface area contributed by atoms with E-state index in [1.807, 2.05) is 0 Å². The SMILES string of the molecule is COCCC(C(=O)OC)N1CCCCC1. The molecule has 4 nitrogen and oxygen atoms in total. The summed E-state index contributed by atoms with van der Waals surface area (Å²) in [7, 11) is 3.11. The molecule has 0 aromatic rings. The number of carbonyl (C=O) groups is 1. The quantitative estimate of drug-likeness (QED) is 0.643. The van der Waals surface area contributed by atoms with E-state index in [2.05, 4.69) is 4.90 Å². The van der Waals surface area contributed by atoms with Gasteiger partial charge in [-0.15, -0.1) is 0 Å². The third kappa shape index (κ3) is 3.80. The highest BCUT2D eigenvalue weighted by Crippen LogP contribution is 2.15. The van der Waals surface area contributed by atoms with Crippen LogP contribution in [0.4, 0.5) is 0 Å². The number of likely N-dealkylation sites (tertiary alicyclic amines) is 1. The van der Waals surface area contributed by atoms with Crippen molar-refractivity contribution in [1.29, 1.82) is 0 Å². The Bertz CT molecular complexity index is 190. The molecule has 0 aromatic heterocycles. The van der Waals surface area contributed by atoms with Gasteiger partial charge in [0.15, 0.2) is 0 Å². The topological polar surface area (TPSA) is 38.8 Å². The molecule has 1 fully saturated rings. The standard InChI is InChI=1S/C11H21NO3/c1-14-9-6-10(11(13)15-2)12-7-4-3-5-8-12/h10H,3-9H2,1-2H3. The molecule has 88 valence electrons. The molecule has 1 aliphatic rings. The van der Waals surface area contributed by atoms with Gasteiger partial charge in [-0.25, -0.2) is 0 Å². The van der Waals surface area contributed by atoms with Crippen molar-refractivity contribution < 1.29 is 14.3 Å². The minimum absolute atomic E-state index is 0.116. The fraction of sp³-hybridized carbons (Fsp3) is 0.909. The number of carbonyl (C=O) groups excluding carboxylic acids is 1. The van der Waals surface area contributed by atoms with Crippen molar-refractivity contribution >= 4 is 5.97 Å². The Hall–Kier alpha value is -0.610. The lowest BCUT2D eigenvalue weighted by molar-refractivity contribution is -0.148. The number of piperidine rings is 1. The highest BCUT2D eigenvalue weighted by Gasteiger charge is 2.27. The first-order valence-corrected chi connectivity index (χ1v) is 5.60. The van der Waals surface area contributed by atoms with Gasteiger partial charge in [-0.1, -0.05) is 6.42 Å². The highest BCUT2D eigenvalue weighted by atomic mass is 16.5. The number of ether oxygens (including phenoxy) is 2. The first-order chi connectivity index (χ1) is 7.29. The molecule has 0 bridgehead atoms. The zero-order chi connectivity index (χ0) is 11.1. The Kier molecular flexibility index (Phi) is 5.65. The van der Waals surface area contributed by atoms with E-state index in [0.717, 1.165) is 19.5 Å². The Morgan fingerprint density at radius 1 is 1.27 bits per heavy atom. The Labute approximate surface area is 91.5 Å². The number of rotatable bonds is 5. The minimum atomic E-state index is -0.131. The molecule has 1 saturated heterocycles. The number of hydrogen-bond acceptors (Lipinski definition) is 4. The first-order valence-electron chi connectivity index (χ1n) is 5.60. The summed E-state index contributed by atoms with van der Waals surface area (Å²) in [6.07, 6.45) is 4.36. The monoisotopic (exact) mass is 215 g/mol. The van der Waals surface area contributed by atoms with E-state index in [0.29, 0.717) is 6.61 Å². The molecule has 1 atom stereocenters. The Balaban J connectivity index is 2.49. The fourth-order valence-electron chi connectivity index (χ4n) is 2.05. The van der Waals surface area contributed by atoms with Gasteiger partial charge in [0.05, 0.1) is 7.11 Å². The summed E-state index contributed by atoms with van der Waals surface area (Å²) >= 11 is 0. The number of hydrogen-bond donors (Lipinski definition) is 0. The van der Waals surface area contributed by atoms with Gasteiger partial charge in [0, 0.05) is 13.7 Å². The van der Waals surface area contributed by atoms with Crippen molar-refractivity contribution in [3.63, 3.8) is 0 Å². The lowest BCUT2D eigenvalue weighted by Gasteiger charge is -2.32. The van der Waals surface area contributed by atoms with Gasteiger partial charge in [0.2, 0.25) is 0 Å². The molecular formula is C11H21NO3. The lowest BCUT2D eigenvalue weighted by Crippen LogP contribution is -2.45. The van der Waals surface area contributed by atoms with Crippen molar-refractivity contribution in [2.24, 2.45) is 0 Å². The molecule has 0 radical (unpaired) electrons. The Morgan fingerprint density at radius 3 is 2.47 bits per heavy atom. The van der Waals surface area contributed by atoms with Gasteiger partial charge in [-0.05, 0) is 32.4 Å². The summed E-state index contributed by atoms with van der Waals surface area (Å²) in [4.78, 5) is 13.8. The van der Waals surface area contributed by atoms with Gasteiger partial charge in [-0.3, -0.25) is 9.69 Å². The highest BCUT2D eigenvalue weighted by molar-refractivity contribution is 5.75. The molecule has 0 aromatic carbocycles. The normalized spacial score (nSPS) is 19.9. The van der Waals surface area contributed by atoms with E-state index in [9.17, 15) is 4.79 Å². The van der Waals surface area contributed by atoms with Crippen molar-refractivity contribution in [1.82, 2.24) is 4.90 Å². The maximum Gasteiger partial charge on any atom is 0.323 e. The summed E-state index contributed by atoms with van der Waals surface area (Å²) < 4.78 is 9.85. The predicted molar refractivity (Wildman–Crippen MR) is 57.7 cm³/mol. The molecule has 1 unspecified atom stereocenters. The molecule has 0 spiro atoms. The van der Waals surface area contributed by atoms with Crippen LogP contribution in [0.1, 0.15) is 25.7 Å². The average molecular weight is 215 g/mol. The lowest BCUT2D eigenvalue weighted by atomic mass is 10.1. The van der Waals surface area contributed by atoms with Crippen molar-refractivity contribution in [2.45, 2.75) is 31.7 Å². The molecule has 0 N–H and O–H groups in total. The van der Waals surface area contributed by atoms with Crippen molar-refractivity contribution in [2.75, 3.05) is 33.9 Å². The maximum absolute atomic E-state index is 11.6. The first kappa shape index (κ1) is 12.5. The van der Waals surface area contributed by atoms with Crippen LogP contribution in [-0.4, -0.2) is 50.8 Å². The van der Waals surface area contributed by atoms with Crippen LogP contribution in [0.25, 0.3) is 0 Å². The molecule has 15 heavy (non-hydrogen) atoms. The molecular weight excluding hydrogens is 194 g/mol. The van der Waals surface area contributed by atoms with E-state index in [1.165, 1.54) is 26.4 Å². The van der Waals surface area contributed by atoms with E-state index in [-0.39, 0.29) is 12.0 Å². The van der Waals surface area contributed by atoms with Gasteiger partial charge in [0.1, 0.15) is 6.04 Å². The van der Waals surface area contributed by atoms with Crippen LogP contribution in [-0.2, 0) is 14.3 Å². The molecule has 1 aliphatic heterocycles. The minimum Gasteiger partial charge on any atom is -0.468 e. The van der Waals surface area contributed by atoms with Crippen LogP contribution in [0, 0.1) is 0 Å². The second kappa shape index (κ2) is 6.80. The molecule has 0 saturated carbocycles. The fourth-order valence-corrected chi connectivity index (χ4v) is 2.05. The summed E-state index contributed by atoms with van der Waals surface area (Å²) in [5.74, 6) is -0.131. The van der Waals surface area contributed by atoms with Gasteiger partial charge in [-0.2, -0.15) is 0 Å².